The van der Waals surface area contributed by atoms with E-state index in [1.807, 2.05) is 26.8 Å². The molecule has 23 heavy (non-hydrogen) atoms. The van der Waals surface area contributed by atoms with Gasteiger partial charge in [-0.15, -0.1) is 11.3 Å². The molecule has 6 heteroatoms. The van der Waals surface area contributed by atoms with E-state index in [4.69, 9.17) is 9.47 Å². The van der Waals surface area contributed by atoms with Gasteiger partial charge in [-0.25, -0.2) is 4.79 Å². The molecule has 0 bridgehead atoms. The fourth-order valence-electron chi connectivity index (χ4n) is 2.55. The molecule has 0 spiro atoms. The van der Waals surface area contributed by atoms with Crippen LogP contribution >= 0.6 is 11.3 Å². The first-order chi connectivity index (χ1) is 10.8. The van der Waals surface area contributed by atoms with Crippen molar-refractivity contribution in [2.24, 2.45) is 0 Å². The zero-order chi connectivity index (χ0) is 17.0. The Labute approximate surface area is 142 Å². The van der Waals surface area contributed by atoms with Gasteiger partial charge < -0.3 is 14.6 Å². The molecule has 2 rings (SSSR count). The van der Waals surface area contributed by atoms with E-state index in [2.05, 4.69) is 13.0 Å². The molecular formula is C17H27NO4S. The monoisotopic (exact) mass is 341 g/mol. The van der Waals surface area contributed by atoms with Crippen LogP contribution in [0.15, 0.2) is 12.1 Å². The Morgan fingerprint density at radius 1 is 1.48 bits per heavy atom. The standard InChI is InChI=1S/C17H27NO4S/c1-5-12-6-7-13(23-12)10-15(19)14-11-21-9-8-18(14)16(20)22-17(2,3)4/h6-7,14-15,19H,5,8-11H2,1-4H3. The summed E-state index contributed by atoms with van der Waals surface area (Å²) in [5.41, 5.74) is -0.547. The smallest absolute Gasteiger partial charge is 0.410 e. The Hall–Kier alpha value is -1.11. The Morgan fingerprint density at radius 2 is 2.17 bits per heavy atom. The third kappa shape index (κ3) is 5.19. The molecule has 1 saturated heterocycles. The molecule has 2 atom stereocenters. The van der Waals surface area contributed by atoms with Gasteiger partial charge >= 0.3 is 6.09 Å². The highest BCUT2D eigenvalue weighted by Crippen LogP contribution is 2.22. The summed E-state index contributed by atoms with van der Waals surface area (Å²) in [6.07, 6.45) is 0.478. The largest absolute Gasteiger partial charge is 0.444 e. The van der Waals surface area contributed by atoms with Crippen LogP contribution < -0.4 is 0 Å². The third-order valence-electron chi connectivity index (χ3n) is 3.71. The van der Waals surface area contributed by atoms with Crippen LogP contribution in [0.1, 0.15) is 37.4 Å². The van der Waals surface area contributed by atoms with Crippen molar-refractivity contribution < 1.29 is 19.4 Å². The van der Waals surface area contributed by atoms with E-state index < -0.39 is 11.7 Å². The molecule has 1 aliphatic heterocycles. The maximum absolute atomic E-state index is 12.4. The lowest BCUT2D eigenvalue weighted by Crippen LogP contribution is -2.55. The molecule has 1 aromatic heterocycles. The molecular weight excluding hydrogens is 314 g/mol. The SMILES string of the molecule is CCc1ccc(CC(O)C2COCCN2C(=O)OC(C)(C)C)s1. The van der Waals surface area contributed by atoms with Crippen LogP contribution in [0.2, 0.25) is 0 Å². The molecule has 1 fully saturated rings. The van der Waals surface area contributed by atoms with Gasteiger partial charge in [0.25, 0.3) is 0 Å². The highest BCUT2D eigenvalue weighted by Gasteiger charge is 2.35. The molecule has 0 aromatic carbocycles. The number of aliphatic hydroxyl groups excluding tert-OH is 1. The predicted octanol–water partition coefficient (Wildman–Crippen LogP) is 2.85. The molecule has 2 heterocycles. The fraction of sp³-hybridized carbons (Fsp3) is 0.706. The molecule has 0 aliphatic carbocycles. The number of carbonyl (C=O) groups excluding carboxylic acids is 1. The van der Waals surface area contributed by atoms with Gasteiger partial charge in [-0.05, 0) is 39.3 Å². The molecule has 5 nitrogen and oxygen atoms in total. The number of hydrogen-bond acceptors (Lipinski definition) is 5. The molecule has 1 N–H and O–H groups in total. The first kappa shape index (κ1) is 18.2. The number of thiophene rings is 1. The van der Waals surface area contributed by atoms with Gasteiger partial charge in [-0.1, -0.05) is 6.92 Å². The Kier molecular flexibility index (Phi) is 6.06. The van der Waals surface area contributed by atoms with E-state index in [1.165, 1.54) is 4.88 Å². The number of aryl methyl sites for hydroxylation is 1. The van der Waals surface area contributed by atoms with Crippen molar-refractivity contribution in [1.29, 1.82) is 0 Å². The van der Waals surface area contributed by atoms with Crippen molar-refractivity contribution in [2.45, 2.75) is 58.3 Å². The quantitative estimate of drug-likeness (QED) is 0.915. The van der Waals surface area contributed by atoms with Gasteiger partial charge in [0.05, 0.1) is 25.4 Å². The van der Waals surface area contributed by atoms with Gasteiger partial charge in [0, 0.05) is 22.7 Å². The number of hydrogen-bond donors (Lipinski definition) is 1. The second kappa shape index (κ2) is 7.64. The van der Waals surface area contributed by atoms with Crippen molar-refractivity contribution in [2.75, 3.05) is 19.8 Å². The summed E-state index contributed by atoms with van der Waals surface area (Å²) in [5, 5.41) is 10.6. The lowest BCUT2D eigenvalue weighted by atomic mass is 10.1. The summed E-state index contributed by atoms with van der Waals surface area (Å²) in [5.74, 6) is 0. The van der Waals surface area contributed by atoms with E-state index in [-0.39, 0.29) is 12.1 Å². The number of aliphatic hydroxyl groups is 1. The van der Waals surface area contributed by atoms with Gasteiger partial charge in [0.1, 0.15) is 5.60 Å². The van der Waals surface area contributed by atoms with Gasteiger partial charge in [0.15, 0.2) is 0 Å². The summed E-state index contributed by atoms with van der Waals surface area (Å²) in [6, 6.07) is 3.77. The second-order valence-corrected chi connectivity index (χ2v) is 8.06. The van der Waals surface area contributed by atoms with Gasteiger partial charge in [-0.2, -0.15) is 0 Å². The average Bonchev–Trinajstić information content (AvgIpc) is 2.93. The van der Waals surface area contributed by atoms with Crippen LogP contribution in [0.4, 0.5) is 4.79 Å². The fourth-order valence-corrected chi connectivity index (χ4v) is 3.56. The highest BCUT2D eigenvalue weighted by atomic mass is 32.1. The third-order valence-corrected chi connectivity index (χ3v) is 4.97. The summed E-state index contributed by atoms with van der Waals surface area (Å²) >= 11 is 1.71. The van der Waals surface area contributed by atoms with Crippen LogP contribution in [-0.4, -0.2) is 53.6 Å². The number of ether oxygens (including phenoxy) is 2. The number of morpholine rings is 1. The first-order valence-corrected chi connectivity index (χ1v) is 8.95. The minimum absolute atomic E-state index is 0.340. The average molecular weight is 341 g/mol. The van der Waals surface area contributed by atoms with Crippen molar-refractivity contribution in [3.05, 3.63) is 21.9 Å². The predicted molar refractivity (Wildman–Crippen MR) is 91.0 cm³/mol. The maximum atomic E-state index is 12.4. The zero-order valence-electron chi connectivity index (χ0n) is 14.4. The Bertz CT molecular complexity index is 523. The van der Waals surface area contributed by atoms with E-state index in [0.717, 1.165) is 11.3 Å². The van der Waals surface area contributed by atoms with Crippen molar-refractivity contribution in [1.82, 2.24) is 4.90 Å². The summed E-state index contributed by atoms with van der Waals surface area (Å²) in [6.45, 7) is 8.90. The van der Waals surface area contributed by atoms with E-state index in [9.17, 15) is 9.90 Å². The molecule has 1 aliphatic rings. The number of carbonyl (C=O) groups is 1. The summed E-state index contributed by atoms with van der Waals surface area (Å²) in [7, 11) is 0. The highest BCUT2D eigenvalue weighted by molar-refractivity contribution is 7.11. The van der Waals surface area contributed by atoms with Crippen LogP contribution in [-0.2, 0) is 22.3 Å². The number of amides is 1. The number of nitrogens with zero attached hydrogens (tertiary/aromatic N) is 1. The minimum atomic E-state index is -0.661. The molecule has 130 valence electrons. The van der Waals surface area contributed by atoms with Crippen LogP contribution in [0.25, 0.3) is 0 Å². The van der Waals surface area contributed by atoms with Crippen molar-refractivity contribution in [3.8, 4) is 0 Å². The van der Waals surface area contributed by atoms with Crippen molar-refractivity contribution in [3.63, 3.8) is 0 Å². The molecule has 1 amide bonds. The zero-order valence-corrected chi connectivity index (χ0v) is 15.2. The van der Waals surface area contributed by atoms with Crippen molar-refractivity contribution >= 4 is 17.4 Å². The summed E-state index contributed by atoms with van der Waals surface area (Å²) < 4.78 is 10.9. The second-order valence-electron chi connectivity index (χ2n) is 6.81. The lowest BCUT2D eigenvalue weighted by molar-refractivity contribution is -0.0658. The lowest BCUT2D eigenvalue weighted by Gasteiger charge is -2.38. The molecule has 0 saturated carbocycles. The molecule has 0 radical (unpaired) electrons. The van der Waals surface area contributed by atoms with Gasteiger partial charge in [-0.3, -0.25) is 4.90 Å². The van der Waals surface area contributed by atoms with Gasteiger partial charge in [0.2, 0.25) is 0 Å². The first-order valence-electron chi connectivity index (χ1n) is 8.13. The van der Waals surface area contributed by atoms with E-state index in [1.54, 1.807) is 16.2 Å². The molecule has 1 aromatic rings. The maximum Gasteiger partial charge on any atom is 0.410 e. The van der Waals surface area contributed by atoms with Crippen LogP contribution in [0.5, 0.6) is 0 Å². The Balaban J connectivity index is 2.03. The minimum Gasteiger partial charge on any atom is -0.444 e. The normalized spacial score (nSPS) is 20.4. The van der Waals surface area contributed by atoms with Crippen LogP contribution in [0.3, 0.4) is 0 Å². The topological polar surface area (TPSA) is 59.0 Å². The van der Waals surface area contributed by atoms with E-state index >= 15 is 0 Å². The van der Waals surface area contributed by atoms with Crippen LogP contribution in [0, 0.1) is 0 Å². The Morgan fingerprint density at radius 3 is 2.78 bits per heavy atom. The van der Waals surface area contributed by atoms with E-state index in [0.29, 0.717) is 26.2 Å². The number of rotatable bonds is 4. The molecule has 2 unspecified atom stereocenters. The summed E-state index contributed by atoms with van der Waals surface area (Å²) in [4.78, 5) is 16.4.